The minimum atomic E-state index is -0.00171. The van der Waals surface area contributed by atoms with Crippen LogP contribution in [0.15, 0.2) is 6.07 Å². The molecule has 2 amide bonds. The molecule has 1 aliphatic heterocycles. The monoisotopic (exact) mass is 360 g/mol. The van der Waals surface area contributed by atoms with Crippen LogP contribution in [0.2, 0.25) is 0 Å². The molecule has 0 fully saturated rings. The molecule has 0 radical (unpaired) electrons. The van der Waals surface area contributed by atoms with Gasteiger partial charge in [-0.1, -0.05) is 13.8 Å². The summed E-state index contributed by atoms with van der Waals surface area (Å²) in [5, 5.41) is 3.15. The minimum absolute atomic E-state index is 0.00171. The zero-order valence-electron chi connectivity index (χ0n) is 16.0. The Labute approximate surface area is 154 Å². The van der Waals surface area contributed by atoms with Crippen molar-refractivity contribution in [3.8, 4) is 0 Å². The summed E-state index contributed by atoms with van der Waals surface area (Å²) in [7, 11) is 2.08. The molecule has 6 heteroatoms. The Balaban J connectivity index is 1.70. The molecule has 0 aromatic carbocycles. The van der Waals surface area contributed by atoms with E-state index in [1.807, 2.05) is 4.90 Å². The first kappa shape index (κ1) is 18.0. The molecule has 136 valence electrons. The molecule has 0 bridgehead atoms. The van der Waals surface area contributed by atoms with Gasteiger partial charge in [0.1, 0.15) is 5.82 Å². The number of fused-ring (bicyclic) bond motifs is 1. The number of carbonyl (C=O) groups excluding carboxylic acids is 1. The van der Waals surface area contributed by atoms with Crippen LogP contribution in [0, 0.1) is 13.8 Å². The van der Waals surface area contributed by atoms with Gasteiger partial charge in [-0.25, -0.2) is 9.78 Å². The normalized spacial score (nSPS) is 15.4. The smallest absolute Gasteiger partial charge is 0.318 e. The second-order valence-electron chi connectivity index (χ2n) is 7.29. The number of hydrogen-bond acceptors (Lipinski definition) is 3. The molecule has 25 heavy (non-hydrogen) atoms. The zero-order chi connectivity index (χ0) is 18.3. The van der Waals surface area contributed by atoms with Gasteiger partial charge in [0, 0.05) is 41.4 Å². The number of urea groups is 1. The van der Waals surface area contributed by atoms with Crippen LogP contribution in [-0.2, 0) is 20.0 Å². The van der Waals surface area contributed by atoms with Gasteiger partial charge in [0.15, 0.2) is 0 Å². The highest BCUT2D eigenvalue weighted by molar-refractivity contribution is 7.12. The predicted molar refractivity (Wildman–Crippen MR) is 102 cm³/mol. The van der Waals surface area contributed by atoms with Crippen molar-refractivity contribution in [2.75, 3.05) is 6.54 Å². The van der Waals surface area contributed by atoms with Crippen molar-refractivity contribution in [2.24, 2.45) is 7.05 Å². The van der Waals surface area contributed by atoms with Gasteiger partial charge in [0.2, 0.25) is 0 Å². The molecule has 0 aliphatic carbocycles. The third kappa shape index (κ3) is 3.45. The lowest BCUT2D eigenvalue weighted by atomic mass is 10.1. The number of thiophene rings is 1. The van der Waals surface area contributed by atoms with Crippen molar-refractivity contribution in [1.29, 1.82) is 0 Å². The Bertz CT molecular complexity index is 790. The first-order valence-electron chi connectivity index (χ1n) is 8.94. The highest BCUT2D eigenvalue weighted by atomic mass is 32.1. The number of hydrogen-bond donors (Lipinski definition) is 1. The van der Waals surface area contributed by atoms with E-state index in [1.54, 1.807) is 11.3 Å². The van der Waals surface area contributed by atoms with Gasteiger partial charge in [0.25, 0.3) is 0 Å². The molecule has 0 spiro atoms. The van der Waals surface area contributed by atoms with Gasteiger partial charge in [0.05, 0.1) is 18.3 Å². The molecule has 1 N–H and O–H groups in total. The molecular formula is C19H28N4OS. The van der Waals surface area contributed by atoms with E-state index in [1.165, 1.54) is 21.0 Å². The molecule has 2 aromatic heterocycles. The Morgan fingerprint density at radius 1 is 1.32 bits per heavy atom. The molecule has 3 heterocycles. The standard InChI is InChI=1S/C19H28N4OS/c1-11(2)18-21-16-10-23(8-7-17(16)22(18)6)19(24)20-13(4)15-9-12(3)25-14(15)5/h9,11,13H,7-8,10H2,1-6H3,(H,20,24). The topological polar surface area (TPSA) is 50.2 Å². The summed E-state index contributed by atoms with van der Waals surface area (Å²) >= 11 is 1.78. The lowest BCUT2D eigenvalue weighted by molar-refractivity contribution is 0.188. The molecule has 5 nitrogen and oxygen atoms in total. The Kier molecular flexibility index (Phi) is 4.91. The maximum absolute atomic E-state index is 12.7. The van der Waals surface area contributed by atoms with E-state index in [4.69, 9.17) is 4.98 Å². The second kappa shape index (κ2) is 6.83. The fraction of sp³-hybridized carbons (Fsp3) is 0.579. The third-order valence-corrected chi connectivity index (χ3v) is 5.96. The number of rotatable bonds is 3. The van der Waals surface area contributed by atoms with E-state index in [0.717, 1.165) is 24.5 Å². The second-order valence-corrected chi connectivity index (χ2v) is 8.75. The largest absolute Gasteiger partial charge is 0.334 e. The van der Waals surface area contributed by atoms with E-state index < -0.39 is 0 Å². The number of imidazole rings is 1. The summed E-state index contributed by atoms with van der Waals surface area (Å²) in [5.74, 6) is 1.49. The quantitative estimate of drug-likeness (QED) is 0.898. The molecule has 1 unspecified atom stereocenters. The fourth-order valence-electron chi connectivity index (χ4n) is 3.67. The van der Waals surface area contributed by atoms with Crippen molar-refractivity contribution < 1.29 is 4.79 Å². The van der Waals surface area contributed by atoms with Crippen molar-refractivity contribution >= 4 is 17.4 Å². The Morgan fingerprint density at radius 3 is 2.64 bits per heavy atom. The van der Waals surface area contributed by atoms with Crippen molar-refractivity contribution in [3.05, 3.63) is 38.6 Å². The highest BCUT2D eigenvalue weighted by Crippen LogP contribution is 2.27. The molecule has 1 atom stereocenters. The van der Waals surface area contributed by atoms with Gasteiger partial charge >= 0.3 is 6.03 Å². The van der Waals surface area contributed by atoms with Crippen LogP contribution in [0.1, 0.15) is 65.3 Å². The van der Waals surface area contributed by atoms with Crippen LogP contribution in [0.3, 0.4) is 0 Å². The van der Waals surface area contributed by atoms with Crippen LogP contribution >= 0.6 is 11.3 Å². The van der Waals surface area contributed by atoms with E-state index in [0.29, 0.717) is 12.5 Å². The summed E-state index contributed by atoms with van der Waals surface area (Å²) in [5.41, 5.74) is 3.53. The van der Waals surface area contributed by atoms with Gasteiger partial charge in [-0.2, -0.15) is 0 Å². The Morgan fingerprint density at radius 2 is 2.04 bits per heavy atom. The third-order valence-electron chi connectivity index (χ3n) is 4.98. The van der Waals surface area contributed by atoms with Crippen LogP contribution < -0.4 is 5.32 Å². The van der Waals surface area contributed by atoms with Gasteiger partial charge in [-0.3, -0.25) is 0 Å². The Hall–Kier alpha value is -1.82. The average molecular weight is 361 g/mol. The molecule has 0 saturated heterocycles. The molecule has 2 aromatic rings. The summed E-state index contributed by atoms with van der Waals surface area (Å²) < 4.78 is 2.20. The van der Waals surface area contributed by atoms with E-state index >= 15 is 0 Å². The maximum Gasteiger partial charge on any atom is 0.318 e. The summed E-state index contributed by atoms with van der Waals surface area (Å²) in [6.45, 7) is 11.9. The first-order chi connectivity index (χ1) is 11.8. The number of nitrogens with one attached hydrogen (secondary N) is 1. The highest BCUT2D eigenvalue weighted by Gasteiger charge is 2.27. The van der Waals surface area contributed by atoms with Crippen LogP contribution in [0.4, 0.5) is 4.79 Å². The minimum Gasteiger partial charge on any atom is -0.334 e. The molecule has 3 rings (SSSR count). The SMILES string of the molecule is Cc1cc(C(C)NC(=O)N2CCc3c(nc(C(C)C)n3C)C2)c(C)s1. The number of carbonyl (C=O) groups is 1. The molecular weight excluding hydrogens is 332 g/mol. The lowest BCUT2D eigenvalue weighted by Gasteiger charge is -2.28. The van der Waals surface area contributed by atoms with Crippen molar-refractivity contribution in [3.63, 3.8) is 0 Å². The van der Waals surface area contributed by atoms with Crippen LogP contribution in [0.25, 0.3) is 0 Å². The first-order valence-corrected chi connectivity index (χ1v) is 9.76. The zero-order valence-corrected chi connectivity index (χ0v) is 16.8. The lowest BCUT2D eigenvalue weighted by Crippen LogP contribution is -2.43. The number of aromatic nitrogens is 2. The van der Waals surface area contributed by atoms with E-state index in [9.17, 15) is 4.79 Å². The van der Waals surface area contributed by atoms with E-state index in [-0.39, 0.29) is 12.1 Å². The van der Waals surface area contributed by atoms with Crippen LogP contribution in [0.5, 0.6) is 0 Å². The fourth-order valence-corrected chi connectivity index (χ4v) is 4.70. The number of nitrogens with zero attached hydrogens (tertiary/aromatic N) is 3. The maximum atomic E-state index is 12.7. The summed E-state index contributed by atoms with van der Waals surface area (Å²) in [6.07, 6.45) is 0.865. The van der Waals surface area contributed by atoms with Gasteiger partial charge in [-0.05, 0) is 32.4 Å². The van der Waals surface area contributed by atoms with Crippen molar-refractivity contribution in [1.82, 2.24) is 19.8 Å². The van der Waals surface area contributed by atoms with Crippen molar-refractivity contribution in [2.45, 2.75) is 59.5 Å². The van der Waals surface area contributed by atoms with Crippen LogP contribution in [-0.4, -0.2) is 27.0 Å². The summed E-state index contributed by atoms with van der Waals surface area (Å²) in [6, 6.07) is 2.19. The predicted octanol–water partition coefficient (Wildman–Crippen LogP) is 4.05. The number of aryl methyl sites for hydroxylation is 2. The summed E-state index contributed by atoms with van der Waals surface area (Å²) in [4.78, 5) is 21.9. The molecule has 0 saturated carbocycles. The van der Waals surface area contributed by atoms with Gasteiger partial charge < -0.3 is 14.8 Å². The molecule has 1 aliphatic rings. The van der Waals surface area contributed by atoms with E-state index in [2.05, 4.69) is 57.6 Å². The van der Waals surface area contributed by atoms with Gasteiger partial charge in [-0.15, -0.1) is 11.3 Å². The number of amides is 2. The average Bonchev–Trinajstić information content (AvgIpc) is 3.06.